The number of para-hydroxylation sites is 1. The number of hydrogen-bond acceptors (Lipinski definition) is 4. The first kappa shape index (κ1) is 22.0. The van der Waals surface area contributed by atoms with Gasteiger partial charge in [-0.3, -0.25) is 9.59 Å². The predicted octanol–water partition coefficient (Wildman–Crippen LogP) is 4.72. The maximum absolute atomic E-state index is 13.8. The molecule has 1 fully saturated rings. The molecular formula is C29H29N3O2. The van der Waals surface area contributed by atoms with Crippen molar-refractivity contribution in [3.63, 3.8) is 0 Å². The van der Waals surface area contributed by atoms with Gasteiger partial charge in [-0.05, 0) is 50.1 Å². The van der Waals surface area contributed by atoms with Gasteiger partial charge in [0.05, 0.1) is 11.3 Å². The van der Waals surface area contributed by atoms with Crippen molar-refractivity contribution in [3.05, 3.63) is 101 Å². The Kier molecular flexibility index (Phi) is 5.70. The van der Waals surface area contributed by atoms with E-state index in [2.05, 4.69) is 21.9 Å². The highest BCUT2D eigenvalue weighted by Gasteiger charge is 2.43. The second-order valence-electron chi connectivity index (χ2n) is 9.13. The van der Waals surface area contributed by atoms with Crippen LogP contribution < -0.4 is 9.80 Å². The third-order valence-electron chi connectivity index (χ3n) is 6.71. The van der Waals surface area contributed by atoms with Crippen LogP contribution in [0.2, 0.25) is 0 Å². The molecule has 5 heteroatoms. The Hall–Kier alpha value is -3.86. The Morgan fingerprint density at radius 3 is 1.91 bits per heavy atom. The van der Waals surface area contributed by atoms with Crippen LogP contribution in [0.3, 0.4) is 0 Å². The van der Waals surface area contributed by atoms with Crippen molar-refractivity contribution < 1.29 is 9.59 Å². The second kappa shape index (κ2) is 8.82. The summed E-state index contributed by atoms with van der Waals surface area (Å²) in [5.41, 5.74) is 6.77. The van der Waals surface area contributed by atoms with Crippen LogP contribution in [-0.2, 0) is 9.59 Å². The molecule has 2 heterocycles. The zero-order valence-electron chi connectivity index (χ0n) is 19.9. The molecule has 172 valence electrons. The van der Waals surface area contributed by atoms with E-state index in [9.17, 15) is 9.59 Å². The number of imide groups is 1. The number of rotatable bonds is 4. The Balaban J connectivity index is 1.52. The number of piperazine rings is 1. The number of benzene rings is 3. The van der Waals surface area contributed by atoms with Crippen LogP contribution in [0, 0.1) is 20.8 Å². The van der Waals surface area contributed by atoms with Gasteiger partial charge >= 0.3 is 0 Å². The summed E-state index contributed by atoms with van der Waals surface area (Å²) in [6.45, 7) is 8.92. The van der Waals surface area contributed by atoms with Crippen LogP contribution in [0.25, 0.3) is 5.57 Å². The van der Waals surface area contributed by atoms with Crippen molar-refractivity contribution in [2.45, 2.75) is 20.8 Å². The molecule has 0 aliphatic carbocycles. The summed E-state index contributed by atoms with van der Waals surface area (Å²) < 4.78 is 0. The largest absolute Gasteiger partial charge is 0.368 e. The molecule has 5 nitrogen and oxygen atoms in total. The SMILES string of the molecule is Cc1ccc(C2=C(N3CCN(c4ccccc4)CC3)C(=O)N(c3ccc(C)cc3C)C2=O)cc1. The van der Waals surface area contributed by atoms with Crippen LogP contribution in [0.5, 0.6) is 0 Å². The normalized spacial score (nSPS) is 16.6. The van der Waals surface area contributed by atoms with Gasteiger partial charge in [0.1, 0.15) is 5.70 Å². The molecule has 1 saturated heterocycles. The number of hydrogen-bond donors (Lipinski definition) is 0. The molecule has 2 aliphatic heterocycles. The van der Waals surface area contributed by atoms with Gasteiger partial charge in [-0.2, -0.15) is 0 Å². The number of nitrogens with zero attached hydrogens (tertiary/aromatic N) is 3. The van der Waals surface area contributed by atoms with E-state index in [1.807, 2.05) is 81.4 Å². The van der Waals surface area contributed by atoms with E-state index in [1.165, 1.54) is 10.6 Å². The first-order valence-corrected chi connectivity index (χ1v) is 11.8. The summed E-state index contributed by atoms with van der Waals surface area (Å²) in [5.74, 6) is -0.484. The fourth-order valence-electron chi connectivity index (χ4n) is 4.89. The van der Waals surface area contributed by atoms with E-state index in [1.54, 1.807) is 0 Å². The minimum atomic E-state index is -0.249. The van der Waals surface area contributed by atoms with Gasteiger partial charge in [0.2, 0.25) is 0 Å². The molecule has 0 N–H and O–H groups in total. The lowest BCUT2D eigenvalue weighted by Gasteiger charge is -2.37. The van der Waals surface area contributed by atoms with Gasteiger partial charge in [-0.25, -0.2) is 4.90 Å². The molecule has 3 aromatic rings. The molecule has 0 aromatic heterocycles. The average Bonchev–Trinajstić information content (AvgIpc) is 3.10. The zero-order valence-corrected chi connectivity index (χ0v) is 19.9. The second-order valence-corrected chi connectivity index (χ2v) is 9.13. The molecule has 0 radical (unpaired) electrons. The van der Waals surface area contributed by atoms with Crippen LogP contribution >= 0.6 is 0 Å². The van der Waals surface area contributed by atoms with Crippen LogP contribution in [0.4, 0.5) is 11.4 Å². The smallest absolute Gasteiger partial charge is 0.282 e. The molecule has 3 aromatic carbocycles. The molecule has 2 aliphatic rings. The monoisotopic (exact) mass is 451 g/mol. The summed E-state index contributed by atoms with van der Waals surface area (Å²) >= 11 is 0. The van der Waals surface area contributed by atoms with Crippen LogP contribution in [-0.4, -0.2) is 42.9 Å². The summed E-state index contributed by atoms with van der Waals surface area (Å²) in [6.07, 6.45) is 0. The van der Waals surface area contributed by atoms with Crippen molar-refractivity contribution in [1.82, 2.24) is 4.90 Å². The van der Waals surface area contributed by atoms with E-state index >= 15 is 0 Å². The minimum Gasteiger partial charge on any atom is -0.368 e. The van der Waals surface area contributed by atoms with Crippen molar-refractivity contribution >= 4 is 28.8 Å². The maximum Gasteiger partial charge on any atom is 0.282 e. The highest BCUT2D eigenvalue weighted by Crippen LogP contribution is 2.37. The Morgan fingerprint density at radius 1 is 0.647 bits per heavy atom. The highest BCUT2D eigenvalue weighted by atomic mass is 16.2. The number of carbonyl (C=O) groups is 2. The van der Waals surface area contributed by atoms with Crippen molar-refractivity contribution in [2.75, 3.05) is 36.0 Å². The molecule has 0 unspecified atom stereocenters. The Bertz CT molecular complexity index is 1270. The first-order chi connectivity index (χ1) is 16.4. The zero-order chi connectivity index (χ0) is 23.8. The summed E-state index contributed by atoms with van der Waals surface area (Å²) in [7, 11) is 0. The molecule has 0 bridgehead atoms. The number of amides is 2. The lowest BCUT2D eigenvalue weighted by Crippen LogP contribution is -2.47. The summed E-state index contributed by atoms with van der Waals surface area (Å²) in [5, 5.41) is 0. The molecule has 0 spiro atoms. The fraction of sp³-hybridized carbons (Fsp3) is 0.241. The Morgan fingerprint density at radius 2 is 1.26 bits per heavy atom. The van der Waals surface area contributed by atoms with Gasteiger partial charge in [-0.1, -0.05) is 65.7 Å². The topological polar surface area (TPSA) is 43.9 Å². The van der Waals surface area contributed by atoms with Gasteiger partial charge in [0.25, 0.3) is 11.8 Å². The van der Waals surface area contributed by atoms with E-state index in [0.717, 1.165) is 35.3 Å². The predicted molar refractivity (Wildman–Crippen MR) is 137 cm³/mol. The fourth-order valence-corrected chi connectivity index (χ4v) is 4.89. The van der Waals surface area contributed by atoms with Crippen LogP contribution in [0.1, 0.15) is 22.3 Å². The standard InChI is InChI=1S/C29H29N3O2/c1-20-9-12-23(13-10-20)26-27(31-17-15-30(16-18-31)24-7-5-4-6-8-24)29(34)32(28(26)33)25-14-11-21(2)19-22(25)3/h4-14,19H,15-18H2,1-3H3. The third-order valence-corrected chi connectivity index (χ3v) is 6.71. The van der Waals surface area contributed by atoms with Gasteiger partial charge < -0.3 is 9.80 Å². The van der Waals surface area contributed by atoms with E-state index in [-0.39, 0.29) is 11.8 Å². The highest BCUT2D eigenvalue weighted by molar-refractivity contribution is 6.45. The molecular weight excluding hydrogens is 422 g/mol. The van der Waals surface area contributed by atoms with Crippen molar-refractivity contribution in [1.29, 1.82) is 0 Å². The summed E-state index contributed by atoms with van der Waals surface area (Å²) in [4.78, 5) is 33.4. The van der Waals surface area contributed by atoms with Crippen LogP contribution in [0.15, 0.2) is 78.5 Å². The van der Waals surface area contributed by atoms with Gasteiger partial charge in [-0.15, -0.1) is 0 Å². The molecule has 34 heavy (non-hydrogen) atoms. The lowest BCUT2D eigenvalue weighted by molar-refractivity contribution is -0.120. The van der Waals surface area contributed by atoms with E-state index in [0.29, 0.717) is 30.0 Å². The quantitative estimate of drug-likeness (QED) is 0.539. The number of carbonyl (C=O) groups excluding carboxylic acids is 2. The Labute approximate surface area is 200 Å². The van der Waals surface area contributed by atoms with Gasteiger partial charge in [0, 0.05) is 31.9 Å². The van der Waals surface area contributed by atoms with Crippen molar-refractivity contribution in [2.24, 2.45) is 0 Å². The lowest BCUT2D eigenvalue weighted by atomic mass is 10.0. The first-order valence-electron chi connectivity index (χ1n) is 11.8. The molecule has 0 atom stereocenters. The maximum atomic E-state index is 13.8. The number of aryl methyl sites for hydroxylation is 3. The molecule has 5 rings (SSSR count). The number of anilines is 2. The third kappa shape index (κ3) is 3.87. The average molecular weight is 452 g/mol. The van der Waals surface area contributed by atoms with E-state index < -0.39 is 0 Å². The van der Waals surface area contributed by atoms with Crippen molar-refractivity contribution in [3.8, 4) is 0 Å². The molecule has 2 amide bonds. The van der Waals surface area contributed by atoms with Gasteiger partial charge in [0.15, 0.2) is 0 Å². The van der Waals surface area contributed by atoms with E-state index in [4.69, 9.17) is 0 Å². The molecule has 0 saturated carbocycles. The summed E-state index contributed by atoms with van der Waals surface area (Å²) in [6, 6.07) is 24.0. The minimum absolute atomic E-state index is 0.235.